The number of hydrogen-bond acceptors (Lipinski definition) is 6. The molecule has 176 valence electrons. The van der Waals surface area contributed by atoms with Gasteiger partial charge in [0.1, 0.15) is 17.9 Å². The third-order valence-electron chi connectivity index (χ3n) is 4.60. The average molecular weight is 448 g/mol. The van der Waals surface area contributed by atoms with Crippen LogP contribution in [0.25, 0.3) is 10.9 Å². The van der Waals surface area contributed by atoms with Crippen LogP contribution in [0.1, 0.15) is 49.3 Å². The highest BCUT2D eigenvalue weighted by molar-refractivity contribution is 5.98. The Morgan fingerprint density at radius 3 is 2.47 bits per heavy atom. The Kier molecular flexibility index (Phi) is 8.26. The van der Waals surface area contributed by atoms with Crippen LogP contribution in [-0.2, 0) is 27.1 Å². The van der Waals surface area contributed by atoms with E-state index in [1.54, 1.807) is 0 Å². The van der Waals surface area contributed by atoms with E-state index in [9.17, 15) is 9.59 Å². The van der Waals surface area contributed by atoms with Crippen LogP contribution in [0, 0.1) is 0 Å². The first kappa shape index (κ1) is 25.2. The zero-order valence-corrected chi connectivity index (χ0v) is 19.6. The summed E-state index contributed by atoms with van der Waals surface area (Å²) in [5.74, 6) is -1.17. The molecule has 0 saturated carbocycles. The van der Waals surface area contributed by atoms with Crippen LogP contribution in [0.2, 0.25) is 0 Å². The van der Waals surface area contributed by atoms with Gasteiger partial charge in [0, 0.05) is 24.4 Å². The molecule has 9 nitrogen and oxygen atoms in total. The maximum Gasteiger partial charge on any atom is 0.407 e. The van der Waals surface area contributed by atoms with Gasteiger partial charge in [-0.3, -0.25) is 4.79 Å². The van der Waals surface area contributed by atoms with E-state index in [1.165, 1.54) is 0 Å². The number of carbonyl (C=O) groups is 3. The minimum atomic E-state index is -0.833. The zero-order chi connectivity index (χ0) is 24.1. The second-order valence-corrected chi connectivity index (χ2v) is 9.08. The van der Waals surface area contributed by atoms with Gasteiger partial charge in [-0.15, -0.1) is 0 Å². The summed E-state index contributed by atoms with van der Waals surface area (Å²) in [6.45, 7) is 7.87. The summed E-state index contributed by atoms with van der Waals surface area (Å²) in [5, 5.41) is 11.2. The summed E-state index contributed by atoms with van der Waals surface area (Å²) >= 11 is 0. The number of aromatic nitrogens is 1. The van der Waals surface area contributed by atoms with Crippen LogP contribution in [-0.4, -0.2) is 71.9 Å². The highest BCUT2D eigenvalue weighted by atomic mass is 16.6. The maximum atomic E-state index is 12.8. The van der Waals surface area contributed by atoms with Crippen molar-refractivity contribution in [3.05, 3.63) is 35.0 Å². The summed E-state index contributed by atoms with van der Waals surface area (Å²) in [7, 11) is 4.02. The minimum Gasteiger partial charge on any atom is -0.481 e. The Morgan fingerprint density at radius 1 is 1.28 bits per heavy atom. The lowest BCUT2D eigenvalue weighted by molar-refractivity contribution is -0.134. The Hall–Kier alpha value is -3.07. The van der Waals surface area contributed by atoms with Crippen molar-refractivity contribution < 1.29 is 29.0 Å². The summed E-state index contributed by atoms with van der Waals surface area (Å²) in [5.41, 5.74) is 2.92. The lowest BCUT2D eigenvalue weighted by atomic mass is 10.0. The lowest BCUT2D eigenvalue weighted by Crippen LogP contribution is -2.28. The third kappa shape index (κ3) is 7.56. The van der Waals surface area contributed by atoms with Gasteiger partial charge < -0.3 is 29.8 Å². The molecule has 1 atom stereocenters. The van der Waals surface area contributed by atoms with Gasteiger partial charge in [-0.25, -0.2) is 9.59 Å². The first-order valence-electron chi connectivity index (χ1n) is 10.5. The van der Waals surface area contributed by atoms with Gasteiger partial charge in [0.25, 0.3) is 5.97 Å². The van der Waals surface area contributed by atoms with Crippen molar-refractivity contribution in [3.8, 4) is 0 Å². The number of alkyl carbamates (subject to hydrolysis) is 1. The SMILES string of the molecule is CC(=O)O.CN(C)CCc1c(C(=O)OC(C)(C)C)[nH]c2ccc(CC3COC(=O)N3)cc12. The average Bonchev–Trinajstić information content (AvgIpc) is 3.21. The largest absolute Gasteiger partial charge is 0.481 e. The molecule has 3 N–H and O–H groups in total. The Bertz CT molecular complexity index is 970. The van der Waals surface area contributed by atoms with E-state index >= 15 is 0 Å². The van der Waals surface area contributed by atoms with Gasteiger partial charge in [-0.2, -0.15) is 0 Å². The molecule has 0 bridgehead atoms. The number of benzene rings is 1. The highest BCUT2D eigenvalue weighted by Crippen LogP contribution is 2.27. The lowest BCUT2D eigenvalue weighted by Gasteiger charge is -2.19. The highest BCUT2D eigenvalue weighted by Gasteiger charge is 2.25. The van der Waals surface area contributed by atoms with E-state index in [4.69, 9.17) is 19.4 Å². The molecule has 0 spiro atoms. The molecule has 2 heterocycles. The Morgan fingerprint density at radius 2 is 1.94 bits per heavy atom. The predicted octanol–water partition coefficient (Wildman–Crippen LogP) is 2.97. The molecule has 1 amide bonds. The van der Waals surface area contributed by atoms with Crippen LogP contribution in [0.3, 0.4) is 0 Å². The van der Waals surface area contributed by atoms with Crippen molar-refractivity contribution >= 4 is 28.9 Å². The van der Waals surface area contributed by atoms with Crippen molar-refractivity contribution in [1.82, 2.24) is 15.2 Å². The zero-order valence-electron chi connectivity index (χ0n) is 19.6. The number of carboxylic acid groups (broad SMARTS) is 1. The number of nitrogens with zero attached hydrogens (tertiary/aromatic N) is 1. The van der Waals surface area contributed by atoms with Crippen molar-refractivity contribution in [3.63, 3.8) is 0 Å². The summed E-state index contributed by atoms with van der Waals surface area (Å²) < 4.78 is 10.6. The van der Waals surface area contributed by atoms with Crippen molar-refractivity contribution in [2.24, 2.45) is 0 Å². The van der Waals surface area contributed by atoms with Crippen LogP contribution in [0.5, 0.6) is 0 Å². The number of fused-ring (bicyclic) bond motifs is 1. The number of amides is 1. The number of carboxylic acids is 1. The number of H-pyrrole nitrogens is 1. The molecule has 32 heavy (non-hydrogen) atoms. The number of nitrogens with one attached hydrogen (secondary N) is 2. The van der Waals surface area contributed by atoms with E-state index in [1.807, 2.05) is 47.0 Å². The predicted molar refractivity (Wildman–Crippen MR) is 121 cm³/mol. The van der Waals surface area contributed by atoms with Crippen LogP contribution >= 0.6 is 0 Å². The Balaban J connectivity index is 0.000000837. The van der Waals surface area contributed by atoms with Crippen LogP contribution in [0.15, 0.2) is 18.2 Å². The summed E-state index contributed by atoms with van der Waals surface area (Å²) in [4.78, 5) is 38.4. The fourth-order valence-corrected chi connectivity index (χ4v) is 3.34. The molecular weight excluding hydrogens is 414 g/mol. The van der Waals surface area contributed by atoms with Gasteiger partial charge in [0.2, 0.25) is 0 Å². The van der Waals surface area contributed by atoms with Crippen LogP contribution < -0.4 is 5.32 Å². The van der Waals surface area contributed by atoms with E-state index < -0.39 is 11.6 Å². The molecule has 1 saturated heterocycles. The normalized spacial score (nSPS) is 15.7. The second-order valence-electron chi connectivity index (χ2n) is 9.08. The van der Waals surface area contributed by atoms with Crippen molar-refractivity contribution in [1.29, 1.82) is 0 Å². The van der Waals surface area contributed by atoms with Gasteiger partial charge in [0.05, 0.1) is 6.04 Å². The van der Waals surface area contributed by atoms with Crippen molar-refractivity contribution in [2.45, 2.75) is 52.2 Å². The Labute approximate surface area is 188 Å². The first-order valence-corrected chi connectivity index (χ1v) is 10.5. The number of aliphatic carboxylic acids is 1. The van der Waals surface area contributed by atoms with Gasteiger partial charge in [-0.05, 0) is 71.0 Å². The first-order chi connectivity index (χ1) is 14.9. The number of ether oxygens (including phenoxy) is 2. The molecule has 0 radical (unpaired) electrons. The number of hydrogen-bond donors (Lipinski definition) is 3. The topological polar surface area (TPSA) is 121 Å². The fourth-order valence-electron chi connectivity index (χ4n) is 3.34. The number of cyclic esters (lactones) is 1. The number of likely N-dealkylation sites (N-methyl/N-ethyl adjacent to an activating group) is 1. The van der Waals surface area contributed by atoms with E-state index in [-0.39, 0.29) is 18.1 Å². The summed E-state index contributed by atoms with van der Waals surface area (Å²) in [6.07, 6.45) is 1.04. The third-order valence-corrected chi connectivity index (χ3v) is 4.60. The standard InChI is InChI=1S/C21H29N3O4.C2H4O2/c1-21(2,3)28-19(25)18-15(8-9-24(4)5)16-11-13(6-7-17(16)23-18)10-14-12-27-20(26)22-14;1-2(3)4/h6-7,11,14,23H,8-10,12H2,1-5H3,(H,22,26);1H3,(H,3,4). The molecule has 1 unspecified atom stereocenters. The second kappa shape index (κ2) is 10.5. The molecular formula is C23H33N3O6. The molecule has 1 aliphatic rings. The molecule has 9 heteroatoms. The van der Waals surface area contributed by atoms with Crippen molar-refractivity contribution in [2.75, 3.05) is 27.2 Å². The number of rotatable bonds is 6. The molecule has 1 fully saturated rings. The van der Waals surface area contributed by atoms with Crippen LogP contribution in [0.4, 0.5) is 4.79 Å². The van der Waals surface area contributed by atoms with Gasteiger partial charge in [0.15, 0.2) is 0 Å². The number of carbonyl (C=O) groups excluding carboxylic acids is 2. The van der Waals surface area contributed by atoms with E-state index in [2.05, 4.69) is 21.3 Å². The maximum absolute atomic E-state index is 12.8. The summed E-state index contributed by atoms with van der Waals surface area (Å²) in [6, 6.07) is 6.06. The van der Waals surface area contributed by atoms with E-state index in [0.29, 0.717) is 18.7 Å². The molecule has 1 aromatic carbocycles. The number of esters is 1. The molecule has 2 aromatic rings. The van der Waals surface area contributed by atoms with Gasteiger partial charge in [-0.1, -0.05) is 6.07 Å². The smallest absolute Gasteiger partial charge is 0.407 e. The quantitative estimate of drug-likeness (QED) is 0.582. The van der Waals surface area contributed by atoms with Gasteiger partial charge >= 0.3 is 12.1 Å². The van der Waals surface area contributed by atoms with E-state index in [0.717, 1.165) is 41.9 Å². The molecule has 1 aromatic heterocycles. The molecule has 3 rings (SSSR count). The molecule has 1 aliphatic heterocycles. The monoisotopic (exact) mass is 447 g/mol. The minimum absolute atomic E-state index is 0.0283. The molecule has 0 aliphatic carbocycles. The fraction of sp³-hybridized carbons (Fsp3) is 0.522. The number of aromatic amines is 1.